The molecule has 0 spiro atoms. The zero-order valence-corrected chi connectivity index (χ0v) is 15.3. The third kappa shape index (κ3) is 5.79. The smallest absolute Gasteiger partial charge is 0.252 e. The highest BCUT2D eigenvalue weighted by atomic mass is 35.5. The number of pyridine rings is 1. The van der Waals surface area contributed by atoms with Crippen molar-refractivity contribution in [3.05, 3.63) is 94.4 Å². The molecule has 4 nitrogen and oxygen atoms in total. The number of aromatic nitrogens is 1. The molecule has 2 N–H and O–H groups in total. The van der Waals surface area contributed by atoms with Crippen LogP contribution in [0.1, 0.15) is 21.5 Å². The minimum Gasteiger partial charge on any atom is -0.366 e. The predicted molar refractivity (Wildman–Crippen MR) is 105 cm³/mol. The number of halogens is 2. The first-order valence-electron chi connectivity index (χ1n) is 8.57. The van der Waals surface area contributed by atoms with Gasteiger partial charge in [0.15, 0.2) is 0 Å². The van der Waals surface area contributed by atoms with Gasteiger partial charge < -0.3 is 10.6 Å². The van der Waals surface area contributed by atoms with Crippen molar-refractivity contribution >= 4 is 23.3 Å². The third-order valence-electron chi connectivity index (χ3n) is 4.00. The fourth-order valence-electron chi connectivity index (χ4n) is 2.54. The lowest BCUT2D eigenvalue weighted by molar-refractivity contribution is 0.0954. The zero-order chi connectivity index (χ0) is 19.1. The Labute approximate surface area is 162 Å². The summed E-state index contributed by atoms with van der Waals surface area (Å²) >= 11 is 5.95. The van der Waals surface area contributed by atoms with Crippen molar-refractivity contribution in [2.45, 2.75) is 13.0 Å². The maximum Gasteiger partial charge on any atom is 0.252 e. The molecule has 1 aromatic heterocycles. The fraction of sp³-hybridized carbons (Fsp3) is 0.143. The predicted octanol–water partition coefficient (Wildman–Crippen LogP) is 4.46. The first kappa shape index (κ1) is 18.9. The number of hydrogen-bond acceptors (Lipinski definition) is 3. The van der Waals surface area contributed by atoms with Crippen LogP contribution in [0.2, 0.25) is 5.02 Å². The van der Waals surface area contributed by atoms with E-state index in [1.165, 1.54) is 18.3 Å². The van der Waals surface area contributed by atoms with E-state index in [-0.39, 0.29) is 11.7 Å². The first-order chi connectivity index (χ1) is 13.1. The van der Waals surface area contributed by atoms with Gasteiger partial charge in [-0.25, -0.2) is 9.37 Å². The molecule has 3 rings (SSSR count). The largest absolute Gasteiger partial charge is 0.366 e. The summed E-state index contributed by atoms with van der Waals surface area (Å²) in [6.07, 6.45) is 2.23. The summed E-state index contributed by atoms with van der Waals surface area (Å²) in [6, 6.07) is 17.3. The molecule has 0 bridgehead atoms. The van der Waals surface area contributed by atoms with Crippen molar-refractivity contribution in [2.24, 2.45) is 0 Å². The number of nitrogens with one attached hydrogen (secondary N) is 2. The number of carbonyl (C=O) groups is 1. The number of nitrogens with zero attached hydrogens (tertiary/aromatic N) is 1. The monoisotopic (exact) mass is 383 g/mol. The van der Waals surface area contributed by atoms with Crippen LogP contribution >= 0.6 is 11.6 Å². The summed E-state index contributed by atoms with van der Waals surface area (Å²) in [6.45, 7) is 1.04. The van der Waals surface area contributed by atoms with Crippen LogP contribution in [0.25, 0.3) is 0 Å². The van der Waals surface area contributed by atoms with E-state index >= 15 is 0 Å². The Bertz CT molecular complexity index is 898. The molecule has 6 heteroatoms. The van der Waals surface area contributed by atoms with Gasteiger partial charge in [0.05, 0.1) is 5.56 Å². The maximum absolute atomic E-state index is 12.9. The summed E-state index contributed by atoms with van der Waals surface area (Å²) in [7, 11) is 0. The van der Waals surface area contributed by atoms with Crippen LogP contribution in [0, 0.1) is 5.82 Å². The Morgan fingerprint density at radius 2 is 1.85 bits per heavy atom. The zero-order valence-electron chi connectivity index (χ0n) is 14.6. The standard InChI is InChI=1S/C21H19ClFN3O/c22-18-3-1-2-15(12-18)10-11-24-21(27)17-6-9-20(26-14-17)25-13-16-4-7-19(23)8-5-16/h1-9,12,14H,10-11,13H2,(H,24,27)(H,25,26). The van der Waals surface area contributed by atoms with Gasteiger partial charge in [0.2, 0.25) is 0 Å². The van der Waals surface area contributed by atoms with Gasteiger partial charge in [0.1, 0.15) is 11.6 Å². The van der Waals surface area contributed by atoms with Crippen molar-refractivity contribution in [2.75, 3.05) is 11.9 Å². The van der Waals surface area contributed by atoms with Crippen molar-refractivity contribution in [1.82, 2.24) is 10.3 Å². The summed E-state index contributed by atoms with van der Waals surface area (Å²) in [5, 5.41) is 6.70. The van der Waals surface area contributed by atoms with Gasteiger partial charge >= 0.3 is 0 Å². The SMILES string of the molecule is O=C(NCCc1cccc(Cl)c1)c1ccc(NCc2ccc(F)cc2)nc1. The molecule has 0 aliphatic rings. The van der Waals surface area contributed by atoms with Crippen molar-refractivity contribution in [3.63, 3.8) is 0 Å². The summed E-state index contributed by atoms with van der Waals surface area (Å²) in [5.74, 6) is 0.215. The molecule has 0 aliphatic carbocycles. The molecule has 0 unspecified atom stereocenters. The number of hydrogen-bond donors (Lipinski definition) is 2. The second kappa shape index (κ2) is 9.14. The highest BCUT2D eigenvalue weighted by Crippen LogP contribution is 2.11. The second-order valence-electron chi connectivity index (χ2n) is 6.05. The van der Waals surface area contributed by atoms with E-state index in [9.17, 15) is 9.18 Å². The van der Waals surface area contributed by atoms with E-state index in [1.54, 1.807) is 24.3 Å². The molecule has 0 aliphatic heterocycles. The molecule has 1 heterocycles. The quantitative estimate of drug-likeness (QED) is 0.633. The van der Waals surface area contributed by atoms with Gasteiger partial charge in [-0.15, -0.1) is 0 Å². The molecular formula is C21H19ClFN3O. The summed E-state index contributed by atoms with van der Waals surface area (Å²) in [4.78, 5) is 16.4. The van der Waals surface area contributed by atoms with E-state index < -0.39 is 0 Å². The van der Waals surface area contributed by atoms with Crippen molar-refractivity contribution < 1.29 is 9.18 Å². The number of amides is 1. The van der Waals surface area contributed by atoms with E-state index in [0.29, 0.717) is 35.9 Å². The van der Waals surface area contributed by atoms with Gasteiger partial charge in [-0.2, -0.15) is 0 Å². The first-order valence-corrected chi connectivity index (χ1v) is 8.95. The molecular weight excluding hydrogens is 365 g/mol. The van der Waals surface area contributed by atoms with Crippen LogP contribution in [0.15, 0.2) is 66.9 Å². The number of benzene rings is 2. The molecule has 0 radical (unpaired) electrons. The lowest BCUT2D eigenvalue weighted by atomic mass is 10.1. The second-order valence-corrected chi connectivity index (χ2v) is 6.48. The molecule has 138 valence electrons. The molecule has 3 aromatic rings. The summed E-state index contributed by atoms with van der Waals surface area (Å²) in [5.41, 5.74) is 2.51. The number of anilines is 1. The van der Waals surface area contributed by atoms with Crippen molar-refractivity contribution in [1.29, 1.82) is 0 Å². The van der Waals surface area contributed by atoms with Crippen LogP contribution in [0.3, 0.4) is 0 Å². The van der Waals surface area contributed by atoms with E-state index in [1.807, 2.05) is 24.3 Å². The maximum atomic E-state index is 12.9. The van der Waals surface area contributed by atoms with Crippen LogP contribution in [-0.4, -0.2) is 17.4 Å². The minimum absolute atomic E-state index is 0.172. The molecule has 27 heavy (non-hydrogen) atoms. The Morgan fingerprint density at radius 1 is 1.04 bits per heavy atom. The lowest BCUT2D eigenvalue weighted by Gasteiger charge is -2.08. The molecule has 2 aromatic carbocycles. The highest BCUT2D eigenvalue weighted by molar-refractivity contribution is 6.30. The minimum atomic E-state index is -0.261. The Morgan fingerprint density at radius 3 is 2.56 bits per heavy atom. The Kier molecular flexibility index (Phi) is 6.39. The van der Waals surface area contributed by atoms with Gasteiger partial charge in [-0.1, -0.05) is 35.9 Å². The summed E-state index contributed by atoms with van der Waals surface area (Å²) < 4.78 is 12.9. The Hall–Kier alpha value is -2.92. The molecule has 0 saturated heterocycles. The Balaban J connectivity index is 1.47. The molecule has 0 fully saturated rings. The van der Waals surface area contributed by atoms with E-state index in [4.69, 9.17) is 11.6 Å². The molecule has 1 amide bonds. The van der Waals surface area contributed by atoms with Crippen molar-refractivity contribution in [3.8, 4) is 0 Å². The van der Waals surface area contributed by atoms with E-state index in [2.05, 4.69) is 15.6 Å². The normalized spacial score (nSPS) is 10.4. The van der Waals surface area contributed by atoms with Gasteiger partial charge in [0.25, 0.3) is 5.91 Å². The van der Waals surface area contributed by atoms with Crippen LogP contribution in [-0.2, 0) is 13.0 Å². The van der Waals surface area contributed by atoms with Gasteiger partial charge in [0, 0.05) is 24.3 Å². The number of rotatable bonds is 7. The van der Waals surface area contributed by atoms with Crippen LogP contribution < -0.4 is 10.6 Å². The van der Waals surface area contributed by atoms with Gasteiger partial charge in [-0.3, -0.25) is 4.79 Å². The molecule has 0 saturated carbocycles. The third-order valence-corrected chi connectivity index (χ3v) is 4.24. The topological polar surface area (TPSA) is 54.0 Å². The van der Waals surface area contributed by atoms with E-state index in [0.717, 1.165) is 11.1 Å². The fourth-order valence-corrected chi connectivity index (χ4v) is 2.76. The van der Waals surface area contributed by atoms with Crippen LogP contribution in [0.4, 0.5) is 10.2 Å². The molecule has 0 atom stereocenters. The van der Waals surface area contributed by atoms with Crippen LogP contribution in [0.5, 0.6) is 0 Å². The lowest BCUT2D eigenvalue weighted by Crippen LogP contribution is -2.25. The highest BCUT2D eigenvalue weighted by Gasteiger charge is 2.06. The average molecular weight is 384 g/mol. The average Bonchev–Trinajstić information content (AvgIpc) is 2.68. The van der Waals surface area contributed by atoms with Gasteiger partial charge in [-0.05, 0) is 53.9 Å². The number of carbonyl (C=O) groups excluding carboxylic acids is 1.